The van der Waals surface area contributed by atoms with Crippen molar-refractivity contribution >= 4 is 28.6 Å². The number of hydrogen-bond acceptors (Lipinski definition) is 2. The van der Waals surface area contributed by atoms with Crippen LogP contribution in [0, 0.1) is 17.8 Å². The molecular weight excluding hydrogens is 258 g/mol. The summed E-state index contributed by atoms with van der Waals surface area (Å²) >= 11 is 6.00. The lowest BCUT2D eigenvalue weighted by atomic mass is 9.85. The molecule has 0 atom stereocenters. The van der Waals surface area contributed by atoms with Gasteiger partial charge in [-0.1, -0.05) is 39.3 Å². The van der Waals surface area contributed by atoms with Crippen molar-refractivity contribution in [3.05, 3.63) is 23.2 Å². The summed E-state index contributed by atoms with van der Waals surface area (Å²) < 4.78 is 2.11. The molecule has 0 bridgehead atoms. The second-order valence-corrected chi connectivity index (χ2v) is 6.30. The van der Waals surface area contributed by atoms with Crippen molar-refractivity contribution in [2.24, 2.45) is 17.8 Å². The first-order valence-corrected chi connectivity index (χ1v) is 7.19. The Labute approximate surface area is 119 Å². The van der Waals surface area contributed by atoms with E-state index in [-0.39, 0.29) is 0 Å². The molecule has 2 aromatic rings. The predicted molar refractivity (Wildman–Crippen MR) is 82.3 cm³/mol. The highest BCUT2D eigenvalue weighted by atomic mass is 35.5. The molecule has 0 aliphatic rings. The fraction of sp³-hybridized carbons (Fsp3) is 0.533. The molecule has 4 heteroatoms. The minimum atomic E-state index is 0.573. The number of hydrogen-bond donors (Lipinski definition) is 1. The summed E-state index contributed by atoms with van der Waals surface area (Å²) in [7, 11) is 0. The molecule has 0 aliphatic heterocycles. The number of nitrogen functional groups attached to an aromatic ring is 1. The number of halogens is 1. The average Bonchev–Trinajstić information content (AvgIpc) is 2.60. The molecule has 1 aromatic heterocycles. The lowest BCUT2D eigenvalue weighted by molar-refractivity contribution is 0.255. The van der Waals surface area contributed by atoms with Gasteiger partial charge in [0.1, 0.15) is 0 Å². The molecular formula is C15H22ClN3. The van der Waals surface area contributed by atoms with Gasteiger partial charge < -0.3 is 10.3 Å². The van der Waals surface area contributed by atoms with E-state index in [2.05, 4.69) is 37.2 Å². The molecule has 0 spiro atoms. The summed E-state index contributed by atoms with van der Waals surface area (Å²) in [6.45, 7) is 9.95. The van der Waals surface area contributed by atoms with Gasteiger partial charge in [-0.15, -0.1) is 0 Å². The number of rotatable bonds is 4. The summed E-state index contributed by atoms with van der Waals surface area (Å²) in [5.41, 5.74) is 8.00. The Kier molecular flexibility index (Phi) is 4.04. The van der Waals surface area contributed by atoms with Crippen molar-refractivity contribution in [3.63, 3.8) is 0 Å². The highest BCUT2D eigenvalue weighted by molar-refractivity contribution is 6.31. The summed E-state index contributed by atoms with van der Waals surface area (Å²) in [5, 5.41) is 0.696. The molecule has 0 radical (unpaired) electrons. The standard InChI is InChI=1S/C15H22ClN3/c1-9(2)12(10(3)4)8-19-14-6-5-11(16)7-13(14)18-15(19)17/h5-7,9-10,12H,8H2,1-4H3,(H2,17,18). The maximum atomic E-state index is 6.06. The van der Waals surface area contributed by atoms with Crippen LogP contribution in [0.4, 0.5) is 5.95 Å². The van der Waals surface area contributed by atoms with Gasteiger partial charge >= 0.3 is 0 Å². The largest absolute Gasteiger partial charge is 0.369 e. The number of nitrogens with two attached hydrogens (primary N) is 1. The van der Waals surface area contributed by atoms with Gasteiger partial charge in [0.25, 0.3) is 0 Å². The van der Waals surface area contributed by atoms with Gasteiger partial charge in [-0.05, 0) is 36.0 Å². The third-order valence-electron chi connectivity index (χ3n) is 3.85. The Morgan fingerprint density at radius 1 is 1.21 bits per heavy atom. The van der Waals surface area contributed by atoms with Crippen LogP contribution in [0.25, 0.3) is 11.0 Å². The van der Waals surface area contributed by atoms with E-state index in [1.807, 2.05) is 18.2 Å². The Bertz CT molecular complexity index is 564. The van der Waals surface area contributed by atoms with E-state index in [1.165, 1.54) is 0 Å². The highest BCUT2D eigenvalue weighted by Gasteiger charge is 2.20. The first-order valence-electron chi connectivity index (χ1n) is 6.81. The zero-order valence-electron chi connectivity index (χ0n) is 12.0. The first kappa shape index (κ1) is 14.2. The Balaban J connectivity index is 2.42. The zero-order valence-corrected chi connectivity index (χ0v) is 12.8. The van der Waals surface area contributed by atoms with E-state index in [4.69, 9.17) is 17.3 Å². The molecule has 0 unspecified atom stereocenters. The first-order chi connectivity index (χ1) is 8.90. The lowest BCUT2D eigenvalue weighted by Gasteiger charge is -2.25. The van der Waals surface area contributed by atoms with Crippen LogP contribution in [0.2, 0.25) is 5.02 Å². The Morgan fingerprint density at radius 3 is 2.42 bits per heavy atom. The van der Waals surface area contributed by atoms with Crippen molar-refractivity contribution in [2.75, 3.05) is 5.73 Å². The van der Waals surface area contributed by atoms with Gasteiger partial charge in [0.15, 0.2) is 0 Å². The maximum absolute atomic E-state index is 6.06. The minimum absolute atomic E-state index is 0.573. The van der Waals surface area contributed by atoms with E-state index in [9.17, 15) is 0 Å². The van der Waals surface area contributed by atoms with Crippen LogP contribution >= 0.6 is 11.6 Å². The quantitative estimate of drug-likeness (QED) is 0.911. The number of benzene rings is 1. The van der Waals surface area contributed by atoms with Gasteiger partial charge in [0.2, 0.25) is 5.95 Å². The molecule has 3 nitrogen and oxygen atoms in total. The molecule has 104 valence electrons. The van der Waals surface area contributed by atoms with Crippen molar-refractivity contribution in [1.82, 2.24) is 9.55 Å². The third kappa shape index (κ3) is 2.86. The molecule has 19 heavy (non-hydrogen) atoms. The fourth-order valence-corrected chi connectivity index (χ4v) is 2.88. The molecule has 2 rings (SSSR count). The van der Waals surface area contributed by atoms with E-state index in [1.54, 1.807) is 0 Å². The number of anilines is 1. The molecule has 2 N–H and O–H groups in total. The van der Waals surface area contributed by atoms with Crippen molar-refractivity contribution < 1.29 is 0 Å². The van der Waals surface area contributed by atoms with Gasteiger partial charge in [-0.25, -0.2) is 4.98 Å². The van der Waals surface area contributed by atoms with Crippen molar-refractivity contribution in [1.29, 1.82) is 0 Å². The van der Waals surface area contributed by atoms with E-state index < -0.39 is 0 Å². The minimum Gasteiger partial charge on any atom is -0.369 e. The summed E-state index contributed by atoms with van der Waals surface area (Å²) in [6, 6.07) is 5.75. The van der Waals surface area contributed by atoms with Crippen LogP contribution in [-0.2, 0) is 6.54 Å². The van der Waals surface area contributed by atoms with Crippen LogP contribution in [-0.4, -0.2) is 9.55 Å². The van der Waals surface area contributed by atoms with Gasteiger partial charge in [0.05, 0.1) is 11.0 Å². The molecule has 0 saturated heterocycles. The molecule has 1 aromatic carbocycles. The number of aromatic nitrogens is 2. The van der Waals surface area contributed by atoms with Crippen LogP contribution in [0.1, 0.15) is 27.7 Å². The molecule has 0 saturated carbocycles. The summed E-state index contributed by atoms with van der Waals surface area (Å²) in [4.78, 5) is 4.40. The maximum Gasteiger partial charge on any atom is 0.201 e. The topological polar surface area (TPSA) is 43.8 Å². The number of nitrogens with zero attached hydrogens (tertiary/aromatic N) is 2. The van der Waals surface area contributed by atoms with Gasteiger partial charge in [-0.2, -0.15) is 0 Å². The van der Waals surface area contributed by atoms with Crippen LogP contribution in [0.15, 0.2) is 18.2 Å². The Morgan fingerprint density at radius 2 is 1.84 bits per heavy atom. The summed E-state index contributed by atoms with van der Waals surface area (Å²) in [6.07, 6.45) is 0. The zero-order chi connectivity index (χ0) is 14.2. The lowest BCUT2D eigenvalue weighted by Crippen LogP contribution is -2.22. The normalized spacial score (nSPS) is 12.2. The van der Waals surface area contributed by atoms with E-state index in [0.717, 1.165) is 17.6 Å². The van der Waals surface area contributed by atoms with Crippen molar-refractivity contribution in [2.45, 2.75) is 34.2 Å². The molecule has 0 aliphatic carbocycles. The smallest absolute Gasteiger partial charge is 0.201 e. The number of imidazole rings is 1. The highest BCUT2D eigenvalue weighted by Crippen LogP contribution is 2.27. The summed E-state index contributed by atoms with van der Waals surface area (Å²) in [5.74, 6) is 2.38. The molecule has 0 amide bonds. The monoisotopic (exact) mass is 279 g/mol. The third-order valence-corrected chi connectivity index (χ3v) is 4.08. The second kappa shape index (κ2) is 5.41. The van der Waals surface area contributed by atoms with Crippen LogP contribution < -0.4 is 5.73 Å². The van der Waals surface area contributed by atoms with Gasteiger partial charge in [0, 0.05) is 11.6 Å². The Hall–Kier alpha value is -1.22. The van der Waals surface area contributed by atoms with Crippen molar-refractivity contribution in [3.8, 4) is 0 Å². The number of fused-ring (bicyclic) bond motifs is 1. The predicted octanol–water partition coefficient (Wildman–Crippen LogP) is 4.20. The van der Waals surface area contributed by atoms with E-state index in [0.29, 0.717) is 28.7 Å². The molecule has 1 heterocycles. The molecule has 0 fully saturated rings. The van der Waals surface area contributed by atoms with Crippen LogP contribution in [0.3, 0.4) is 0 Å². The SMILES string of the molecule is CC(C)C(Cn1c(N)nc2cc(Cl)ccc21)C(C)C. The second-order valence-electron chi connectivity index (χ2n) is 5.87. The average molecular weight is 280 g/mol. The van der Waals surface area contributed by atoms with E-state index >= 15 is 0 Å². The van der Waals surface area contributed by atoms with Crippen LogP contribution in [0.5, 0.6) is 0 Å². The van der Waals surface area contributed by atoms with Gasteiger partial charge in [-0.3, -0.25) is 0 Å². The fourth-order valence-electron chi connectivity index (χ4n) is 2.72.